The molecule has 0 aromatic heterocycles. The van der Waals surface area contributed by atoms with Crippen molar-refractivity contribution in [2.75, 3.05) is 16.6 Å². The molecule has 0 saturated carbocycles. The van der Waals surface area contributed by atoms with E-state index in [9.17, 15) is 26.0 Å². The van der Waals surface area contributed by atoms with Gasteiger partial charge in [-0.15, -0.1) is 0 Å². The second kappa shape index (κ2) is 7.61. The lowest BCUT2D eigenvalue weighted by Crippen LogP contribution is -2.30. The summed E-state index contributed by atoms with van der Waals surface area (Å²) in [6, 6.07) is 10.8. The molecule has 2 aromatic rings. The first kappa shape index (κ1) is 20.4. The number of sulfonamides is 2. The van der Waals surface area contributed by atoms with Crippen LogP contribution < -0.4 is 9.03 Å². The average Bonchev–Trinajstić information content (AvgIpc) is 2.84. The van der Waals surface area contributed by atoms with E-state index in [1.54, 1.807) is 12.1 Å². The molecule has 1 amide bonds. The molecule has 0 bridgehead atoms. The topological polar surface area (TPSA) is 101 Å². The van der Waals surface area contributed by atoms with Gasteiger partial charge in [0.2, 0.25) is 26.0 Å². The van der Waals surface area contributed by atoms with E-state index in [-0.39, 0.29) is 28.7 Å². The molecule has 1 N–H and O–H groups in total. The van der Waals surface area contributed by atoms with Gasteiger partial charge in [0, 0.05) is 6.54 Å². The standard InChI is InChI=1S/C18H19FN2O5S2/c1-13-12-27(23,24)21(18(13)22)16-6-8-17(9-7-16)28(25,26)20-11-10-14-2-4-15(19)5-3-14/h2-9,13,20H,10-12H2,1H3. The number of rotatable bonds is 6. The zero-order valence-electron chi connectivity index (χ0n) is 15.0. The Hall–Kier alpha value is -2.30. The van der Waals surface area contributed by atoms with Crippen LogP contribution in [0.4, 0.5) is 10.1 Å². The first-order chi connectivity index (χ1) is 13.1. The summed E-state index contributed by atoms with van der Waals surface area (Å²) in [6.45, 7) is 1.65. The summed E-state index contributed by atoms with van der Waals surface area (Å²) in [4.78, 5) is 12.0. The number of amides is 1. The van der Waals surface area contributed by atoms with Gasteiger partial charge < -0.3 is 0 Å². The van der Waals surface area contributed by atoms with Crippen molar-refractivity contribution in [3.63, 3.8) is 0 Å². The molecule has 7 nitrogen and oxygen atoms in total. The highest BCUT2D eigenvalue weighted by molar-refractivity contribution is 7.94. The number of nitrogens with one attached hydrogen (secondary N) is 1. The summed E-state index contributed by atoms with van der Waals surface area (Å²) in [6.07, 6.45) is 0.385. The number of nitrogens with zero attached hydrogens (tertiary/aromatic N) is 1. The number of benzene rings is 2. The van der Waals surface area contributed by atoms with E-state index in [0.29, 0.717) is 6.42 Å². The molecule has 150 valence electrons. The molecule has 2 aromatic carbocycles. The molecule has 1 unspecified atom stereocenters. The van der Waals surface area contributed by atoms with Crippen molar-refractivity contribution in [3.05, 3.63) is 59.9 Å². The van der Waals surface area contributed by atoms with Crippen LogP contribution in [0.3, 0.4) is 0 Å². The van der Waals surface area contributed by atoms with Crippen LogP contribution in [0.5, 0.6) is 0 Å². The van der Waals surface area contributed by atoms with Gasteiger partial charge in [-0.3, -0.25) is 4.79 Å². The van der Waals surface area contributed by atoms with Crippen molar-refractivity contribution in [3.8, 4) is 0 Å². The van der Waals surface area contributed by atoms with Crippen LogP contribution in [0.15, 0.2) is 53.4 Å². The first-order valence-corrected chi connectivity index (χ1v) is 11.6. The number of carbonyl (C=O) groups is 1. The number of halogens is 1. The Bertz CT molecular complexity index is 1080. The number of anilines is 1. The van der Waals surface area contributed by atoms with Crippen LogP contribution in [-0.4, -0.2) is 35.0 Å². The average molecular weight is 426 g/mol. The highest BCUT2D eigenvalue weighted by Gasteiger charge is 2.41. The Morgan fingerprint density at radius 1 is 1.11 bits per heavy atom. The molecule has 1 heterocycles. The summed E-state index contributed by atoms with van der Waals surface area (Å²) in [5.74, 6) is -1.80. The van der Waals surface area contributed by atoms with Crippen LogP contribution in [0.1, 0.15) is 12.5 Å². The summed E-state index contributed by atoms with van der Waals surface area (Å²) in [7, 11) is -7.55. The lowest BCUT2D eigenvalue weighted by Gasteiger charge is -2.15. The fourth-order valence-corrected chi connectivity index (χ4v) is 5.76. The lowest BCUT2D eigenvalue weighted by atomic mass is 10.1. The molecule has 1 fully saturated rings. The maximum Gasteiger partial charge on any atom is 0.244 e. The normalized spacial score (nSPS) is 19.1. The highest BCUT2D eigenvalue weighted by atomic mass is 32.2. The van der Waals surface area contributed by atoms with Gasteiger partial charge in [0.05, 0.1) is 22.3 Å². The molecular formula is C18H19FN2O5S2. The van der Waals surface area contributed by atoms with Crippen LogP contribution >= 0.6 is 0 Å². The van der Waals surface area contributed by atoms with Crippen molar-refractivity contribution in [1.29, 1.82) is 0 Å². The smallest absolute Gasteiger partial charge is 0.244 e. The third-order valence-corrected chi connectivity index (χ3v) is 7.71. The molecule has 1 atom stereocenters. The minimum atomic E-state index is -3.81. The second-order valence-electron chi connectivity index (χ2n) is 6.55. The van der Waals surface area contributed by atoms with E-state index in [1.165, 1.54) is 43.3 Å². The quantitative estimate of drug-likeness (QED) is 0.757. The predicted octanol–water partition coefficient (Wildman–Crippen LogP) is 1.66. The van der Waals surface area contributed by atoms with Crippen molar-refractivity contribution in [1.82, 2.24) is 4.72 Å². The molecule has 10 heteroatoms. The third-order valence-electron chi connectivity index (χ3n) is 4.36. The lowest BCUT2D eigenvalue weighted by molar-refractivity contribution is -0.119. The van der Waals surface area contributed by atoms with Gasteiger partial charge in [0.1, 0.15) is 5.82 Å². The number of hydrogen-bond acceptors (Lipinski definition) is 5. The van der Waals surface area contributed by atoms with Gasteiger partial charge >= 0.3 is 0 Å². The Kier molecular flexibility index (Phi) is 5.55. The van der Waals surface area contributed by atoms with Crippen LogP contribution in [0.25, 0.3) is 0 Å². The summed E-state index contributed by atoms with van der Waals surface area (Å²) in [5.41, 5.74) is 0.894. The second-order valence-corrected chi connectivity index (χ2v) is 10.2. The Labute approximate surface area is 163 Å². The fraction of sp³-hybridized carbons (Fsp3) is 0.278. The van der Waals surface area contributed by atoms with E-state index in [4.69, 9.17) is 0 Å². The van der Waals surface area contributed by atoms with Gasteiger partial charge in [0.25, 0.3) is 0 Å². The van der Waals surface area contributed by atoms with E-state index >= 15 is 0 Å². The Morgan fingerprint density at radius 3 is 2.25 bits per heavy atom. The Balaban J connectivity index is 1.70. The van der Waals surface area contributed by atoms with E-state index in [0.717, 1.165) is 9.87 Å². The fourth-order valence-electron chi connectivity index (χ4n) is 2.91. The van der Waals surface area contributed by atoms with Gasteiger partial charge in [0.15, 0.2) is 0 Å². The molecule has 3 rings (SSSR count). The molecular weight excluding hydrogens is 407 g/mol. The summed E-state index contributed by atoms with van der Waals surface area (Å²) < 4.78 is 65.0. The van der Waals surface area contributed by atoms with Crippen molar-refractivity contribution in [2.45, 2.75) is 18.2 Å². The maximum atomic E-state index is 12.9. The predicted molar refractivity (Wildman–Crippen MR) is 102 cm³/mol. The third kappa shape index (κ3) is 4.23. The largest absolute Gasteiger partial charge is 0.273 e. The summed E-state index contributed by atoms with van der Waals surface area (Å²) >= 11 is 0. The molecule has 1 aliphatic heterocycles. The van der Waals surface area contributed by atoms with E-state index < -0.39 is 31.9 Å². The first-order valence-electron chi connectivity index (χ1n) is 8.51. The molecule has 28 heavy (non-hydrogen) atoms. The van der Waals surface area contributed by atoms with Crippen molar-refractivity contribution < 1.29 is 26.0 Å². The minimum absolute atomic E-state index is 0.0487. The number of hydrogen-bond donors (Lipinski definition) is 1. The summed E-state index contributed by atoms with van der Waals surface area (Å²) in [5, 5.41) is 0. The SMILES string of the molecule is CC1CS(=O)(=O)N(c2ccc(S(=O)(=O)NCCc3ccc(F)cc3)cc2)C1=O. The molecule has 1 aliphatic rings. The van der Waals surface area contributed by atoms with E-state index in [1.807, 2.05) is 0 Å². The minimum Gasteiger partial charge on any atom is -0.273 e. The molecule has 1 saturated heterocycles. The molecule has 0 aliphatic carbocycles. The van der Waals surface area contributed by atoms with Gasteiger partial charge in [-0.25, -0.2) is 30.3 Å². The number of carbonyl (C=O) groups excluding carboxylic acids is 1. The van der Waals surface area contributed by atoms with Crippen LogP contribution in [0.2, 0.25) is 0 Å². The van der Waals surface area contributed by atoms with Crippen molar-refractivity contribution >= 4 is 31.6 Å². The molecule has 0 radical (unpaired) electrons. The van der Waals surface area contributed by atoms with Gasteiger partial charge in [-0.2, -0.15) is 0 Å². The maximum absolute atomic E-state index is 12.9. The van der Waals surface area contributed by atoms with E-state index in [2.05, 4.69) is 4.72 Å². The zero-order valence-corrected chi connectivity index (χ0v) is 16.6. The van der Waals surface area contributed by atoms with Crippen molar-refractivity contribution in [2.24, 2.45) is 5.92 Å². The Morgan fingerprint density at radius 2 is 1.71 bits per heavy atom. The zero-order chi connectivity index (χ0) is 20.5. The van der Waals surface area contributed by atoms with Gasteiger partial charge in [-0.05, 0) is 48.4 Å². The molecule has 0 spiro atoms. The highest BCUT2D eigenvalue weighted by Crippen LogP contribution is 2.28. The van der Waals surface area contributed by atoms with Crippen LogP contribution in [-0.2, 0) is 31.3 Å². The van der Waals surface area contributed by atoms with Crippen LogP contribution in [0, 0.1) is 11.7 Å². The monoisotopic (exact) mass is 426 g/mol. The van der Waals surface area contributed by atoms with Gasteiger partial charge in [-0.1, -0.05) is 19.1 Å².